The van der Waals surface area contributed by atoms with Crippen molar-refractivity contribution in [2.45, 2.75) is 5.25 Å². The van der Waals surface area contributed by atoms with Crippen molar-refractivity contribution in [3.05, 3.63) is 86.0 Å². The number of esters is 1. The van der Waals surface area contributed by atoms with E-state index in [-0.39, 0.29) is 21.6 Å². The second kappa shape index (κ2) is 8.75. The number of nitrogen functional groups attached to an aromatic ring is 1. The van der Waals surface area contributed by atoms with Crippen molar-refractivity contribution in [2.24, 2.45) is 0 Å². The van der Waals surface area contributed by atoms with Crippen molar-refractivity contribution in [2.75, 3.05) is 12.8 Å². The Bertz CT molecular complexity index is 1440. The number of thioether (sulfide) groups is 1. The number of fused-ring (bicyclic) bond motifs is 1. The highest BCUT2D eigenvalue weighted by atomic mass is 35.5. The molecule has 2 N–H and O–H groups in total. The van der Waals surface area contributed by atoms with Gasteiger partial charge in [0.15, 0.2) is 5.69 Å². The molecule has 4 rings (SSSR count). The second-order valence-electron chi connectivity index (χ2n) is 6.82. The number of carbonyl (C=O) groups excluding carboxylic acids is 2. The van der Waals surface area contributed by atoms with Crippen molar-refractivity contribution in [3.8, 4) is 6.07 Å². The van der Waals surface area contributed by atoms with Crippen molar-refractivity contribution in [1.82, 2.24) is 4.57 Å². The lowest BCUT2D eigenvalue weighted by molar-refractivity contribution is -0.133. The lowest BCUT2D eigenvalue weighted by Gasteiger charge is -2.23. The number of ether oxygens (including phenoxy) is 1. The molecular weight excluding hydrogens is 469 g/mol. The van der Waals surface area contributed by atoms with E-state index >= 15 is 0 Å². The summed E-state index contributed by atoms with van der Waals surface area (Å²) in [4.78, 5) is 26.5. The van der Waals surface area contributed by atoms with E-state index in [0.717, 1.165) is 11.8 Å². The molecule has 1 atom stereocenters. The minimum absolute atomic E-state index is 0.0672. The molecule has 32 heavy (non-hydrogen) atoms. The molecule has 0 bridgehead atoms. The Hall–Kier alpha value is -3.18. The smallest absolute Gasteiger partial charge is 0.346 e. The third-order valence-corrected chi connectivity index (χ3v) is 6.99. The van der Waals surface area contributed by atoms with E-state index < -0.39 is 17.1 Å². The van der Waals surface area contributed by atoms with Crippen molar-refractivity contribution < 1.29 is 14.3 Å². The number of methoxy groups -OCH3 is 1. The fourth-order valence-electron chi connectivity index (χ4n) is 3.52. The Morgan fingerprint density at radius 1 is 1.19 bits per heavy atom. The number of benzene rings is 2. The number of hydrogen-bond acceptors (Lipinski definition) is 6. The Labute approximate surface area is 197 Å². The molecule has 3 aromatic rings. The van der Waals surface area contributed by atoms with Gasteiger partial charge in [0.05, 0.1) is 18.1 Å². The van der Waals surface area contributed by atoms with Gasteiger partial charge in [0, 0.05) is 15.3 Å². The van der Waals surface area contributed by atoms with Crippen molar-refractivity contribution >= 4 is 63.5 Å². The van der Waals surface area contributed by atoms with Gasteiger partial charge < -0.3 is 10.5 Å². The summed E-state index contributed by atoms with van der Waals surface area (Å²) in [6.07, 6.45) is 1.65. The van der Waals surface area contributed by atoms with Crippen LogP contribution in [-0.4, -0.2) is 23.6 Å². The van der Waals surface area contributed by atoms with Crippen molar-refractivity contribution in [1.29, 1.82) is 5.26 Å². The van der Waals surface area contributed by atoms with Crippen LogP contribution < -0.4 is 16.3 Å². The maximum Gasteiger partial charge on any atom is 0.346 e. The zero-order chi connectivity index (χ0) is 23.0. The summed E-state index contributed by atoms with van der Waals surface area (Å²) in [6, 6.07) is 15.9. The van der Waals surface area contributed by atoms with Crippen LogP contribution in [0.2, 0.25) is 10.0 Å². The summed E-state index contributed by atoms with van der Waals surface area (Å²) in [6.45, 7) is 0. The number of nitrogens with zero attached hydrogens (tertiary/aromatic N) is 2. The van der Waals surface area contributed by atoms with Gasteiger partial charge in [-0.25, -0.2) is 4.79 Å². The molecule has 0 fully saturated rings. The molecule has 9 heteroatoms. The molecule has 1 unspecified atom stereocenters. The number of hydrogen-bond donors (Lipinski definition) is 1. The van der Waals surface area contributed by atoms with Crippen LogP contribution in [0.25, 0.3) is 11.0 Å². The first-order valence-corrected chi connectivity index (χ1v) is 11.0. The first-order chi connectivity index (χ1) is 15.4. The van der Waals surface area contributed by atoms with E-state index in [1.54, 1.807) is 54.6 Å². The molecule has 0 saturated carbocycles. The van der Waals surface area contributed by atoms with Gasteiger partial charge >= 0.3 is 5.97 Å². The molecule has 0 amide bonds. The lowest BCUT2D eigenvalue weighted by Crippen LogP contribution is -2.42. The van der Waals surface area contributed by atoms with E-state index in [4.69, 9.17) is 33.7 Å². The topological polar surface area (TPSA) is 98.1 Å². The van der Waals surface area contributed by atoms with Gasteiger partial charge in [-0.1, -0.05) is 71.4 Å². The third kappa shape index (κ3) is 3.56. The highest BCUT2D eigenvalue weighted by Gasteiger charge is 2.37. The minimum Gasteiger partial charge on any atom is -0.465 e. The average Bonchev–Trinajstić information content (AvgIpc) is 3.07. The van der Waals surface area contributed by atoms with Crippen LogP contribution in [0.3, 0.4) is 0 Å². The number of nitriles is 1. The highest BCUT2D eigenvalue weighted by Crippen LogP contribution is 2.41. The normalized spacial score (nSPS) is 15.9. The zero-order valence-corrected chi connectivity index (χ0v) is 19.0. The van der Waals surface area contributed by atoms with Gasteiger partial charge in [-0.05, 0) is 29.3 Å². The molecule has 1 aromatic heterocycles. The first-order valence-electron chi connectivity index (χ1n) is 9.33. The maximum absolute atomic E-state index is 13.6. The molecule has 1 aliphatic rings. The molecular formula is C23H15Cl2N3O3S. The van der Waals surface area contributed by atoms with Crippen LogP contribution >= 0.6 is 35.0 Å². The van der Waals surface area contributed by atoms with Gasteiger partial charge in [0.2, 0.25) is 5.91 Å². The molecule has 160 valence electrons. The Balaban J connectivity index is 2.11. The van der Waals surface area contributed by atoms with Crippen LogP contribution in [0.4, 0.5) is 5.69 Å². The van der Waals surface area contributed by atoms with Crippen LogP contribution in [0.1, 0.15) is 26.9 Å². The maximum atomic E-state index is 13.6. The molecule has 0 saturated heterocycles. The summed E-state index contributed by atoms with van der Waals surface area (Å²) >= 11 is 13.6. The van der Waals surface area contributed by atoms with Crippen LogP contribution in [0, 0.1) is 11.3 Å². The molecule has 0 spiro atoms. The molecule has 2 heterocycles. The standard InChI is InChI=1S/C23H15Cl2N3O3S/c1-31-23(30)21-19-14(10-12-6-2-4-8-15(12)24)18(27)17(11-26)28(19)22(29)20(32-21)13-7-3-5-9-16(13)25/h2-10,20H,27H2,1H3. The largest absolute Gasteiger partial charge is 0.465 e. The van der Waals surface area contributed by atoms with E-state index in [2.05, 4.69) is 0 Å². The van der Waals surface area contributed by atoms with E-state index in [9.17, 15) is 14.9 Å². The summed E-state index contributed by atoms with van der Waals surface area (Å²) in [5, 5.41) is 10.3. The second-order valence-corrected chi connectivity index (χ2v) is 8.75. The molecule has 0 radical (unpaired) electrons. The first kappa shape index (κ1) is 22.0. The number of carbonyl (C=O) groups is 2. The number of rotatable bonds is 3. The molecule has 0 aliphatic carbocycles. The minimum atomic E-state index is -0.864. The number of nitrogens with two attached hydrogens (primary N) is 1. The predicted octanol–water partition coefficient (Wildman–Crippen LogP) is 3.49. The zero-order valence-electron chi connectivity index (χ0n) is 16.6. The lowest BCUT2D eigenvalue weighted by atomic mass is 10.1. The molecule has 1 aliphatic heterocycles. The van der Waals surface area contributed by atoms with Gasteiger partial charge in [-0.15, -0.1) is 0 Å². The number of halogens is 2. The summed E-state index contributed by atoms with van der Waals surface area (Å²) in [5.41, 5.74) is 7.44. The summed E-state index contributed by atoms with van der Waals surface area (Å²) in [7, 11) is 1.25. The van der Waals surface area contributed by atoms with E-state index in [1.165, 1.54) is 11.7 Å². The summed E-state index contributed by atoms with van der Waals surface area (Å²) < 4.78 is 6.17. The van der Waals surface area contributed by atoms with Crippen LogP contribution in [0.15, 0.2) is 48.5 Å². The van der Waals surface area contributed by atoms with Gasteiger partial charge in [-0.3, -0.25) is 9.36 Å². The van der Waals surface area contributed by atoms with Gasteiger partial charge in [-0.2, -0.15) is 5.26 Å². The van der Waals surface area contributed by atoms with Gasteiger partial charge in [0.1, 0.15) is 16.2 Å². The third-order valence-electron chi connectivity index (χ3n) is 5.01. The highest BCUT2D eigenvalue weighted by molar-refractivity contribution is 8.10. The Morgan fingerprint density at radius 2 is 1.84 bits per heavy atom. The molecule has 2 aromatic carbocycles. The number of aromatic nitrogens is 1. The SMILES string of the molecule is COC(=O)C1=c2c(=Cc3ccccc3Cl)c(N)c(C#N)n2C(=O)C(c2ccccc2Cl)S1. The predicted molar refractivity (Wildman–Crippen MR) is 126 cm³/mol. The molecule has 6 nitrogen and oxygen atoms in total. The van der Waals surface area contributed by atoms with Crippen LogP contribution in [-0.2, 0) is 9.53 Å². The van der Waals surface area contributed by atoms with Crippen molar-refractivity contribution in [3.63, 3.8) is 0 Å². The Kier molecular flexibility index (Phi) is 6.02. The number of anilines is 1. The average molecular weight is 484 g/mol. The fourth-order valence-corrected chi connectivity index (χ4v) is 5.29. The summed E-state index contributed by atoms with van der Waals surface area (Å²) in [5.74, 6) is -1.09. The Morgan fingerprint density at radius 3 is 2.47 bits per heavy atom. The monoisotopic (exact) mass is 483 g/mol. The van der Waals surface area contributed by atoms with Gasteiger partial charge in [0.25, 0.3) is 0 Å². The van der Waals surface area contributed by atoms with E-state index in [1.807, 2.05) is 6.07 Å². The fraction of sp³-hybridized carbons (Fsp3) is 0.0870. The van der Waals surface area contributed by atoms with Crippen LogP contribution in [0.5, 0.6) is 0 Å². The van der Waals surface area contributed by atoms with E-state index in [0.29, 0.717) is 26.4 Å². The quantitative estimate of drug-likeness (QED) is 0.572.